The minimum Gasteiger partial charge on any atom is -0.299 e. The normalized spacial score (nSPS) is 17.7. The van der Waals surface area contributed by atoms with Crippen LogP contribution in [0.5, 0.6) is 0 Å². The first-order chi connectivity index (χ1) is 11.0. The summed E-state index contributed by atoms with van der Waals surface area (Å²) in [5.41, 5.74) is 1.54. The number of pyridine rings is 1. The lowest BCUT2D eigenvalue weighted by Gasteiger charge is -2.23. The number of rotatable bonds is 5. The molecule has 23 heavy (non-hydrogen) atoms. The molecule has 3 rings (SSSR count). The monoisotopic (exact) mass is 333 g/mol. The first-order valence-electron chi connectivity index (χ1n) is 8.06. The average Bonchev–Trinajstić information content (AvgIpc) is 3.06. The van der Waals surface area contributed by atoms with Gasteiger partial charge in [0, 0.05) is 24.2 Å². The molecule has 5 nitrogen and oxygen atoms in total. The molecule has 124 valence electrons. The lowest BCUT2D eigenvalue weighted by molar-refractivity contribution is 0.260. The zero-order valence-corrected chi connectivity index (χ0v) is 14.4. The average molecular weight is 333 g/mol. The molecule has 2 heterocycles. The molecule has 1 atom stereocenters. The van der Waals surface area contributed by atoms with Gasteiger partial charge in [0.1, 0.15) is 4.90 Å². The topological polar surface area (TPSA) is 62.3 Å². The Balaban J connectivity index is 1.82. The van der Waals surface area contributed by atoms with Crippen LogP contribution in [0, 0.1) is 6.92 Å². The number of likely N-dealkylation sites (tertiary alicyclic amines) is 1. The molecule has 0 bridgehead atoms. The van der Waals surface area contributed by atoms with Gasteiger partial charge in [-0.3, -0.25) is 9.88 Å². The molecule has 1 aliphatic rings. The zero-order valence-electron chi connectivity index (χ0n) is 13.6. The molecule has 0 radical (unpaired) electrons. The lowest BCUT2D eigenvalue weighted by atomic mass is 10.2. The van der Waals surface area contributed by atoms with Gasteiger partial charge in [0.05, 0.1) is 5.52 Å². The highest BCUT2D eigenvalue weighted by Gasteiger charge is 2.22. The molecule has 1 aliphatic heterocycles. The van der Waals surface area contributed by atoms with Crippen molar-refractivity contribution in [2.24, 2.45) is 0 Å². The summed E-state index contributed by atoms with van der Waals surface area (Å²) in [6.45, 7) is 6.54. The Morgan fingerprint density at radius 1 is 1.30 bits per heavy atom. The fraction of sp³-hybridized carbons (Fsp3) is 0.471. The fourth-order valence-corrected chi connectivity index (χ4v) is 4.38. The third-order valence-electron chi connectivity index (χ3n) is 4.43. The van der Waals surface area contributed by atoms with Crippen LogP contribution in [-0.2, 0) is 10.0 Å². The molecule has 1 aromatic carbocycles. The molecule has 2 aromatic rings. The van der Waals surface area contributed by atoms with E-state index in [1.54, 1.807) is 18.3 Å². The van der Waals surface area contributed by atoms with Crippen LogP contribution in [0.1, 0.15) is 25.3 Å². The maximum absolute atomic E-state index is 12.7. The van der Waals surface area contributed by atoms with Gasteiger partial charge >= 0.3 is 0 Å². The van der Waals surface area contributed by atoms with Gasteiger partial charge in [0.25, 0.3) is 0 Å². The molecule has 0 saturated carbocycles. The first-order valence-corrected chi connectivity index (χ1v) is 9.55. The van der Waals surface area contributed by atoms with Crippen LogP contribution in [0.15, 0.2) is 35.4 Å². The maximum Gasteiger partial charge on any atom is 0.242 e. The van der Waals surface area contributed by atoms with Gasteiger partial charge < -0.3 is 0 Å². The SMILES string of the molecule is Cc1cnc2c(S(=O)(=O)NC[C@@H](C)N3CCCC3)cccc2c1. The standard InChI is InChI=1S/C17H23N3O2S/c1-13-10-15-6-5-7-16(17(15)18-11-13)23(21,22)19-12-14(2)20-8-3-4-9-20/h5-7,10-11,14,19H,3-4,8-9,12H2,1-2H3/t14-/m1/s1. The zero-order chi connectivity index (χ0) is 16.4. The van der Waals surface area contributed by atoms with Crippen LogP contribution in [0.4, 0.5) is 0 Å². The van der Waals surface area contributed by atoms with Crippen molar-refractivity contribution >= 4 is 20.9 Å². The predicted octanol–water partition coefficient (Wildman–Crippen LogP) is 2.31. The van der Waals surface area contributed by atoms with E-state index in [1.807, 2.05) is 19.1 Å². The molecule has 6 heteroatoms. The van der Waals surface area contributed by atoms with E-state index < -0.39 is 10.0 Å². The highest BCUT2D eigenvalue weighted by Crippen LogP contribution is 2.21. The summed E-state index contributed by atoms with van der Waals surface area (Å²) >= 11 is 0. The second kappa shape index (κ2) is 6.55. The van der Waals surface area contributed by atoms with E-state index in [-0.39, 0.29) is 10.9 Å². The van der Waals surface area contributed by atoms with E-state index >= 15 is 0 Å². The minimum atomic E-state index is -3.56. The summed E-state index contributed by atoms with van der Waals surface area (Å²) in [6, 6.07) is 7.43. The second-order valence-corrected chi connectivity index (χ2v) is 8.02. The second-order valence-electron chi connectivity index (χ2n) is 6.28. The molecule has 1 fully saturated rings. The Morgan fingerprint density at radius 2 is 2.04 bits per heavy atom. The molecule has 0 spiro atoms. The van der Waals surface area contributed by atoms with Gasteiger partial charge in [-0.05, 0) is 57.5 Å². The van der Waals surface area contributed by atoms with Crippen molar-refractivity contribution in [2.45, 2.75) is 37.6 Å². The Labute approximate surface area is 137 Å². The van der Waals surface area contributed by atoms with E-state index in [0.29, 0.717) is 12.1 Å². The Hall–Kier alpha value is -1.50. The molecule has 1 N–H and O–H groups in total. The number of benzene rings is 1. The number of hydrogen-bond donors (Lipinski definition) is 1. The van der Waals surface area contributed by atoms with Crippen molar-refractivity contribution in [1.82, 2.24) is 14.6 Å². The van der Waals surface area contributed by atoms with E-state index in [4.69, 9.17) is 0 Å². The summed E-state index contributed by atoms with van der Waals surface area (Å²) in [5, 5.41) is 0.848. The van der Waals surface area contributed by atoms with Gasteiger partial charge in [0.2, 0.25) is 10.0 Å². The summed E-state index contributed by atoms with van der Waals surface area (Å²) in [7, 11) is -3.56. The maximum atomic E-state index is 12.7. The number of sulfonamides is 1. The highest BCUT2D eigenvalue weighted by atomic mass is 32.2. The summed E-state index contributed by atoms with van der Waals surface area (Å²) < 4.78 is 28.1. The van der Waals surface area contributed by atoms with Crippen LogP contribution in [0.2, 0.25) is 0 Å². The van der Waals surface area contributed by atoms with Crippen molar-refractivity contribution in [2.75, 3.05) is 19.6 Å². The van der Waals surface area contributed by atoms with Crippen molar-refractivity contribution in [3.05, 3.63) is 36.0 Å². The number of nitrogens with one attached hydrogen (secondary N) is 1. The minimum absolute atomic E-state index is 0.206. The molecular weight excluding hydrogens is 310 g/mol. The number of aromatic nitrogens is 1. The van der Waals surface area contributed by atoms with Gasteiger partial charge in [-0.1, -0.05) is 12.1 Å². The Kier molecular flexibility index (Phi) is 4.66. The van der Waals surface area contributed by atoms with Crippen LogP contribution in [0.3, 0.4) is 0 Å². The van der Waals surface area contributed by atoms with Crippen molar-refractivity contribution in [3.63, 3.8) is 0 Å². The smallest absolute Gasteiger partial charge is 0.242 e. The lowest BCUT2D eigenvalue weighted by Crippen LogP contribution is -2.40. The summed E-state index contributed by atoms with van der Waals surface area (Å²) in [5.74, 6) is 0. The summed E-state index contributed by atoms with van der Waals surface area (Å²) in [4.78, 5) is 6.90. The number of nitrogens with zero attached hydrogens (tertiary/aromatic N) is 2. The number of aryl methyl sites for hydroxylation is 1. The van der Waals surface area contributed by atoms with Crippen molar-refractivity contribution in [3.8, 4) is 0 Å². The van der Waals surface area contributed by atoms with Crippen LogP contribution < -0.4 is 4.72 Å². The van der Waals surface area contributed by atoms with Crippen molar-refractivity contribution < 1.29 is 8.42 Å². The van der Waals surface area contributed by atoms with Crippen LogP contribution >= 0.6 is 0 Å². The van der Waals surface area contributed by atoms with Gasteiger partial charge in [-0.25, -0.2) is 13.1 Å². The fourth-order valence-electron chi connectivity index (χ4n) is 3.08. The van der Waals surface area contributed by atoms with E-state index in [1.165, 1.54) is 12.8 Å². The largest absolute Gasteiger partial charge is 0.299 e. The van der Waals surface area contributed by atoms with E-state index in [9.17, 15) is 8.42 Å². The van der Waals surface area contributed by atoms with Crippen LogP contribution in [-0.4, -0.2) is 44.0 Å². The van der Waals surface area contributed by atoms with Gasteiger partial charge in [-0.2, -0.15) is 0 Å². The number of para-hydroxylation sites is 1. The van der Waals surface area contributed by atoms with E-state index in [0.717, 1.165) is 24.0 Å². The molecule has 1 aromatic heterocycles. The van der Waals surface area contributed by atoms with Gasteiger partial charge in [0.15, 0.2) is 0 Å². The van der Waals surface area contributed by atoms with Gasteiger partial charge in [-0.15, -0.1) is 0 Å². The molecule has 1 saturated heterocycles. The third kappa shape index (κ3) is 3.54. The number of hydrogen-bond acceptors (Lipinski definition) is 4. The van der Waals surface area contributed by atoms with E-state index in [2.05, 4.69) is 21.5 Å². The molecule has 0 unspecified atom stereocenters. The van der Waals surface area contributed by atoms with Crippen molar-refractivity contribution in [1.29, 1.82) is 0 Å². The predicted molar refractivity (Wildman–Crippen MR) is 91.9 cm³/mol. The third-order valence-corrected chi connectivity index (χ3v) is 5.89. The highest BCUT2D eigenvalue weighted by molar-refractivity contribution is 7.89. The molecule has 0 amide bonds. The number of fused-ring (bicyclic) bond motifs is 1. The Morgan fingerprint density at radius 3 is 2.78 bits per heavy atom. The first kappa shape index (κ1) is 16.4. The Bertz CT molecular complexity index is 799. The molecular formula is C17H23N3O2S. The molecule has 0 aliphatic carbocycles. The van der Waals surface area contributed by atoms with Crippen LogP contribution in [0.25, 0.3) is 10.9 Å². The quantitative estimate of drug-likeness (QED) is 0.912. The summed E-state index contributed by atoms with van der Waals surface area (Å²) in [6.07, 6.45) is 4.10.